The first-order valence-electron chi connectivity index (χ1n) is 4.39. The summed E-state index contributed by atoms with van der Waals surface area (Å²) in [6.45, 7) is 3.67. The summed E-state index contributed by atoms with van der Waals surface area (Å²) in [6, 6.07) is 7.59. The van der Waals surface area contributed by atoms with E-state index in [1.165, 1.54) is 6.08 Å². The van der Waals surface area contributed by atoms with Crippen molar-refractivity contribution in [1.29, 1.82) is 0 Å². The quantitative estimate of drug-likeness (QED) is 0.698. The molecule has 0 radical (unpaired) electrons. The first-order valence-corrected chi connectivity index (χ1v) is 4.39. The van der Waals surface area contributed by atoms with Crippen molar-refractivity contribution < 1.29 is 4.79 Å². The number of nitrogens with two attached hydrogens (primary N) is 1. The Morgan fingerprint density at radius 1 is 1.36 bits per heavy atom. The maximum Gasteiger partial charge on any atom is 0.250 e. The molecule has 0 atom stereocenters. The summed E-state index contributed by atoms with van der Waals surface area (Å²) in [6.07, 6.45) is 1.36. The minimum Gasteiger partial charge on any atom is -0.402 e. The maximum atomic E-state index is 11.2. The number of anilines is 1. The molecule has 3 heteroatoms. The number of aryl methyl sites for hydroxylation is 1. The highest BCUT2D eigenvalue weighted by atomic mass is 16.1. The molecule has 3 nitrogen and oxygen atoms in total. The molecule has 0 saturated heterocycles. The Hall–Kier alpha value is -1.77. The lowest BCUT2D eigenvalue weighted by molar-refractivity contribution is -0.111. The molecular formula is C11H14N2O. The SMILES string of the molecule is C/C(N)=C/C(=O)Nc1ccc(C)cc1. The van der Waals surface area contributed by atoms with Gasteiger partial charge in [0.05, 0.1) is 0 Å². The van der Waals surface area contributed by atoms with E-state index in [9.17, 15) is 4.79 Å². The van der Waals surface area contributed by atoms with Crippen molar-refractivity contribution in [3.63, 3.8) is 0 Å². The molecule has 1 amide bonds. The predicted molar refractivity (Wildman–Crippen MR) is 57.8 cm³/mol. The van der Waals surface area contributed by atoms with Gasteiger partial charge in [0.2, 0.25) is 5.91 Å². The van der Waals surface area contributed by atoms with Crippen molar-refractivity contribution in [1.82, 2.24) is 0 Å². The third-order valence-corrected chi connectivity index (χ3v) is 1.68. The molecule has 0 aromatic heterocycles. The minimum absolute atomic E-state index is 0.200. The lowest BCUT2D eigenvalue weighted by atomic mass is 10.2. The molecule has 0 aliphatic heterocycles. The number of hydrogen-bond acceptors (Lipinski definition) is 2. The molecule has 3 N–H and O–H groups in total. The number of nitrogens with one attached hydrogen (secondary N) is 1. The van der Waals surface area contributed by atoms with Gasteiger partial charge in [-0.1, -0.05) is 17.7 Å². The monoisotopic (exact) mass is 190 g/mol. The van der Waals surface area contributed by atoms with Crippen LogP contribution in [0, 0.1) is 6.92 Å². The van der Waals surface area contributed by atoms with Crippen LogP contribution in [-0.2, 0) is 4.79 Å². The van der Waals surface area contributed by atoms with E-state index in [4.69, 9.17) is 5.73 Å². The zero-order valence-electron chi connectivity index (χ0n) is 8.37. The summed E-state index contributed by atoms with van der Waals surface area (Å²) in [7, 11) is 0. The number of benzene rings is 1. The van der Waals surface area contributed by atoms with E-state index >= 15 is 0 Å². The Morgan fingerprint density at radius 2 is 1.93 bits per heavy atom. The Labute approximate surface area is 83.6 Å². The van der Waals surface area contributed by atoms with Gasteiger partial charge in [0.1, 0.15) is 0 Å². The molecule has 0 heterocycles. The Morgan fingerprint density at radius 3 is 2.43 bits per heavy atom. The maximum absolute atomic E-state index is 11.2. The molecule has 0 unspecified atom stereocenters. The number of carbonyl (C=O) groups excluding carboxylic acids is 1. The number of allylic oxidation sites excluding steroid dienone is 1. The van der Waals surface area contributed by atoms with Gasteiger partial charge in [-0.2, -0.15) is 0 Å². The van der Waals surface area contributed by atoms with Crippen LogP contribution in [0.15, 0.2) is 36.0 Å². The molecule has 0 aliphatic rings. The summed E-state index contributed by atoms with van der Waals surface area (Å²) in [5.41, 5.74) is 7.80. The van der Waals surface area contributed by atoms with Crippen molar-refractivity contribution in [2.45, 2.75) is 13.8 Å². The summed E-state index contributed by atoms with van der Waals surface area (Å²) in [4.78, 5) is 11.2. The van der Waals surface area contributed by atoms with Crippen LogP contribution in [0.25, 0.3) is 0 Å². The van der Waals surface area contributed by atoms with E-state index in [1.54, 1.807) is 6.92 Å². The van der Waals surface area contributed by atoms with E-state index < -0.39 is 0 Å². The average molecular weight is 190 g/mol. The molecule has 0 bridgehead atoms. The van der Waals surface area contributed by atoms with E-state index in [0.717, 1.165) is 11.3 Å². The summed E-state index contributed by atoms with van der Waals surface area (Å²) >= 11 is 0. The van der Waals surface area contributed by atoms with Gasteiger partial charge in [-0.05, 0) is 26.0 Å². The second-order valence-corrected chi connectivity index (χ2v) is 3.24. The first kappa shape index (κ1) is 10.3. The van der Waals surface area contributed by atoms with Gasteiger partial charge in [-0.25, -0.2) is 0 Å². The second-order valence-electron chi connectivity index (χ2n) is 3.24. The number of hydrogen-bond donors (Lipinski definition) is 2. The summed E-state index contributed by atoms with van der Waals surface area (Å²) in [5.74, 6) is -0.200. The fraction of sp³-hybridized carbons (Fsp3) is 0.182. The molecule has 74 valence electrons. The predicted octanol–water partition coefficient (Wildman–Crippen LogP) is 1.80. The van der Waals surface area contributed by atoms with Crippen LogP contribution < -0.4 is 11.1 Å². The van der Waals surface area contributed by atoms with Gasteiger partial charge in [0, 0.05) is 17.5 Å². The van der Waals surface area contributed by atoms with Crippen LogP contribution in [0.4, 0.5) is 5.69 Å². The normalized spacial score (nSPS) is 11.1. The molecule has 0 aliphatic carbocycles. The van der Waals surface area contributed by atoms with E-state index in [-0.39, 0.29) is 5.91 Å². The smallest absolute Gasteiger partial charge is 0.250 e. The standard InChI is InChI=1S/C11H14N2O/c1-8-3-5-10(6-4-8)13-11(14)7-9(2)12/h3-7H,12H2,1-2H3,(H,13,14)/b9-7-. The Bertz CT molecular complexity index is 348. The molecule has 14 heavy (non-hydrogen) atoms. The number of rotatable bonds is 2. The lowest BCUT2D eigenvalue weighted by Crippen LogP contribution is -2.10. The molecule has 1 aromatic rings. The van der Waals surface area contributed by atoms with Gasteiger partial charge in [0.15, 0.2) is 0 Å². The van der Waals surface area contributed by atoms with Gasteiger partial charge in [-0.15, -0.1) is 0 Å². The van der Waals surface area contributed by atoms with Gasteiger partial charge < -0.3 is 11.1 Å². The largest absolute Gasteiger partial charge is 0.402 e. The van der Waals surface area contributed by atoms with Gasteiger partial charge in [-0.3, -0.25) is 4.79 Å². The molecule has 1 rings (SSSR count). The highest BCUT2D eigenvalue weighted by molar-refractivity contribution is 5.99. The minimum atomic E-state index is -0.200. The van der Waals surface area contributed by atoms with Crippen LogP contribution in [0.2, 0.25) is 0 Å². The fourth-order valence-corrected chi connectivity index (χ4v) is 1.02. The molecule has 0 spiro atoms. The van der Waals surface area contributed by atoms with Crippen LogP contribution in [-0.4, -0.2) is 5.91 Å². The summed E-state index contributed by atoms with van der Waals surface area (Å²) in [5, 5.41) is 2.71. The van der Waals surface area contributed by atoms with Crippen LogP contribution in [0.3, 0.4) is 0 Å². The van der Waals surface area contributed by atoms with Crippen molar-refractivity contribution >= 4 is 11.6 Å². The van der Waals surface area contributed by atoms with Crippen LogP contribution >= 0.6 is 0 Å². The summed E-state index contributed by atoms with van der Waals surface area (Å²) < 4.78 is 0. The Balaban J connectivity index is 2.66. The molecule has 0 saturated carbocycles. The van der Waals surface area contributed by atoms with Gasteiger partial charge >= 0.3 is 0 Å². The van der Waals surface area contributed by atoms with Crippen molar-refractivity contribution in [2.75, 3.05) is 5.32 Å². The topological polar surface area (TPSA) is 55.1 Å². The zero-order valence-corrected chi connectivity index (χ0v) is 8.37. The van der Waals surface area contributed by atoms with Gasteiger partial charge in [0.25, 0.3) is 0 Å². The van der Waals surface area contributed by atoms with Crippen LogP contribution in [0.1, 0.15) is 12.5 Å². The van der Waals surface area contributed by atoms with E-state index in [0.29, 0.717) is 5.70 Å². The number of carbonyl (C=O) groups is 1. The lowest BCUT2D eigenvalue weighted by Gasteiger charge is -2.02. The second kappa shape index (κ2) is 4.46. The van der Waals surface area contributed by atoms with Crippen molar-refractivity contribution in [3.8, 4) is 0 Å². The van der Waals surface area contributed by atoms with E-state index in [2.05, 4.69) is 5.32 Å². The van der Waals surface area contributed by atoms with Crippen molar-refractivity contribution in [2.24, 2.45) is 5.73 Å². The average Bonchev–Trinajstić information content (AvgIpc) is 2.07. The van der Waals surface area contributed by atoms with Crippen LogP contribution in [0.5, 0.6) is 0 Å². The molecule has 1 aromatic carbocycles. The van der Waals surface area contributed by atoms with E-state index in [1.807, 2.05) is 31.2 Å². The highest BCUT2D eigenvalue weighted by Gasteiger charge is 1.97. The molecule has 0 fully saturated rings. The fourth-order valence-electron chi connectivity index (χ4n) is 1.02. The number of amides is 1. The Kier molecular flexibility index (Phi) is 3.29. The molecular weight excluding hydrogens is 176 g/mol. The zero-order chi connectivity index (χ0) is 10.6. The third kappa shape index (κ3) is 3.31. The third-order valence-electron chi connectivity index (χ3n) is 1.68. The highest BCUT2D eigenvalue weighted by Crippen LogP contribution is 2.08. The van der Waals surface area contributed by atoms with Crippen molar-refractivity contribution in [3.05, 3.63) is 41.6 Å². The first-order chi connectivity index (χ1) is 6.58.